The second kappa shape index (κ2) is 9.18. The smallest absolute Gasteiger partial charge is 0.312 e. The van der Waals surface area contributed by atoms with E-state index in [9.17, 15) is 14.4 Å². The van der Waals surface area contributed by atoms with Gasteiger partial charge in [-0.2, -0.15) is 0 Å². The quantitative estimate of drug-likeness (QED) is 0.469. The van der Waals surface area contributed by atoms with Gasteiger partial charge in [0.2, 0.25) is 5.60 Å². The lowest BCUT2D eigenvalue weighted by molar-refractivity contribution is -0.187. The summed E-state index contributed by atoms with van der Waals surface area (Å²) in [5, 5.41) is 0.339. The van der Waals surface area contributed by atoms with Gasteiger partial charge in [0.05, 0.1) is 12.5 Å². The van der Waals surface area contributed by atoms with Crippen LogP contribution in [0.2, 0.25) is 5.02 Å². The van der Waals surface area contributed by atoms with Crippen LogP contribution >= 0.6 is 11.6 Å². The maximum atomic E-state index is 12.8. The minimum absolute atomic E-state index is 0.0468. The molecule has 0 spiro atoms. The number of halogens is 1. The van der Waals surface area contributed by atoms with Crippen molar-refractivity contribution in [3.05, 3.63) is 40.1 Å². The van der Waals surface area contributed by atoms with Crippen LogP contribution in [0.15, 0.2) is 24.0 Å². The first-order chi connectivity index (χ1) is 14.0. The zero-order chi connectivity index (χ0) is 22.7. The van der Waals surface area contributed by atoms with Crippen molar-refractivity contribution in [2.24, 2.45) is 5.41 Å². The van der Waals surface area contributed by atoms with Crippen LogP contribution in [0.25, 0.3) is 5.76 Å². The number of carbonyl (C=O) groups is 3. The molecule has 0 aliphatic heterocycles. The lowest BCUT2D eigenvalue weighted by Crippen LogP contribution is -2.51. The van der Waals surface area contributed by atoms with E-state index < -0.39 is 29.1 Å². The Morgan fingerprint density at radius 2 is 1.90 bits per heavy atom. The summed E-state index contributed by atoms with van der Waals surface area (Å²) in [4.78, 5) is 37.5. The molecule has 0 amide bonds. The molecule has 2 atom stereocenters. The van der Waals surface area contributed by atoms with Crippen LogP contribution in [0.1, 0.15) is 51.7 Å². The average molecular weight is 439 g/mol. The van der Waals surface area contributed by atoms with Crippen molar-refractivity contribution < 1.29 is 33.3 Å². The molecule has 1 aromatic carbocycles. The van der Waals surface area contributed by atoms with Crippen molar-refractivity contribution >= 4 is 35.6 Å². The molecule has 0 N–H and O–H groups in total. The van der Waals surface area contributed by atoms with Gasteiger partial charge >= 0.3 is 11.9 Å². The van der Waals surface area contributed by atoms with Gasteiger partial charge < -0.3 is 18.9 Å². The maximum Gasteiger partial charge on any atom is 0.312 e. The average Bonchev–Trinajstić information content (AvgIpc) is 2.68. The van der Waals surface area contributed by atoms with E-state index >= 15 is 0 Å². The van der Waals surface area contributed by atoms with Crippen molar-refractivity contribution in [3.8, 4) is 0 Å². The number of hydrogen-bond donors (Lipinski definition) is 0. The Morgan fingerprint density at radius 3 is 2.40 bits per heavy atom. The Labute approximate surface area is 181 Å². The largest absolute Gasteiger partial charge is 0.494 e. The Morgan fingerprint density at radius 1 is 1.23 bits per heavy atom. The molecule has 2 rings (SSSR count). The van der Waals surface area contributed by atoms with E-state index in [2.05, 4.69) is 0 Å². The van der Waals surface area contributed by atoms with Crippen molar-refractivity contribution in [1.82, 2.24) is 0 Å². The van der Waals surface area contributed by atoms with Crippen LogP contribution in [0.4, 0.5) is 0 Å². The molecule has 0 bridgehead atoms. The first kappa shape index (κ1) is 23.9. The molecule has 0 heterocycles. The molecule has 0 aromatic heterocycles. The molecule has 0 saturated heterocycles. The minimum atomic E-state index is -1.86. The van der Waals surface area contributed by atoms with Gasteiger partial charge in [-0.1, -0.05) is 24.6 Å². The molecule has 7 nitrogen and oxygen atoms in total. The minimum Gasteiger partial charge on any atom is -0.494 e. The normalized spacial score (nSPS) is 21.0. The summed E-state index contributed by atoms with van der Waals surface area (Å²) in [6.45, 7) is 6.87. The highest BCUT2D eigenvalue weighted by atomic mass is 35.5. The van der Waals surface area contributed by atoms with E-state index in [-0.39, 0.29) is 23.5 Å². The maximum absolute atomic E-state index is 12.8. The number of carbonyl (C=O) groups excluding carboxylic acids is 3. The molecule has 30 heavy (non-hydrogen) atoms. The highest BCUT2D eigenvalue weighted by molar-refractivity contribution is 6.30. The van der Waals surface area contributed by atoms with Crippen molar-refractivity contribution in [2.45, 2.75) is 52.2 Å². The third-order valence-electron chi connectivity index (χ3n) is 4.67. The lowest BCUT2D eigenvalue weighted by atomic mass is 9.79. The summed E-state index contributed by atoms with van der Waals surface area (Å²) in [7, 11) is 2.70. The summed E-state index contributed by atoms with van der Waals surface area (Å²) in [5.41, 5.74) is -2.14. The van der Waals surface area contributed by atoms with Gasteiger partial charge in [-0.25, -0.2) is 0 Å². The summed E-state index contributed by atoms with van der Waals surface area (Å²) < 4.78 is 22.4. The Bertz CT molecular complexity index is 869. The Balaban J connectivity index is 2.79. The first-order valence-corrected chi connectivity index (χ1v) is 9.95. The molecule has 0 radical (unpaired) electrons. The lowest BCUT2D eigenvalue weighted by Gasteiger charge is -2.41. The molecular weight excluding hydrogens is 412 g/mol. The number of esters is 2. The van der Waals surface area contributed by atoms with Crippen LogP contribution in [-0.4, -0.2) is 38.5 Å². The SMILES string of the molecule is CCCC(=O)OC1=C(OC)C(OC)C(C=O)(OC(=O)C(C)(C)C)c2ccc(Cl)cc21. The summed E-state index contributed by atoms with van der Waals surface area (Å²) >= 11 is 6.18. The fourth-order valence-corrected chi connectivity index (χ4v) is 3.33. The number of methoxy groups -OCH3 is 2. The first-order valence-electron chi connectivity index (χ1n) is 9.57. The molecule has 8 heteroatoms. The van der Waals surface area contributed by atoms with E-state index in [1.807, 2.05) is 6.92 Å². The molecule has 1 aliphatic rings. The van der Waals surface area contributed by atoms with Crippen molar-refractivity contribution in [1.29, 1.82) is 0 Å². The second-order valence-electron chi connectivity index (χ2n) is 7.98. The number of benzene rings is 1. The van der Waals surface area contributed by atoms with E-state index in [1.54, 1.807) is 32.9 Å². The Kier molecular flexibility index (Phi) is 7.31. The highest BCUT2D eigenvalue weighted by Crippen LogP contribution is 2.46. The van der Waals surface area contributed by atoms with Crippen LogP contribution in [0.3, 0.4) is 0 Å². The van der Waals surface area contributed by atoms with Gasteiger partial charge in [0.1, 0.15) is 0 Å². The van der Waals surface area contributed by atoms with Gasteiger partial charge in [-0.3, -0.25) is 14.4 Å². The van der Waals surface area contributed by atoms with Gasteiger partial charge in [0.25, 0.3) is 0 Å². The molecule has 0 saturated carbocycles. The van der Waals surface area contributed by atoms with Crippen LogP contribution < -0.4 is 0 Å². The van der Waals surface area contributed by atoms with E-state index in [0.29, 0.717) is 23.3 Å². The number of rotatable bonds is 7. The van der Waals surface area contributed by atoms with Crippen molar-refractivity contribution in [3.63, 3.8) is 0 Å². The molecule has 1 aromatic rings. The monoisotopic (exact) mass is 438 g/mol. The number of hydrogen-bond acceptors (Lipinski definition) is 7. The highest BCUT2D eigenvalue weighted by Gasteiger charge is 2.55. The third-order valence-corrected chi connectivity index (χ3v) is 4.91. The number of fused-ring (bicyclic) bond motifs is 1. The van der Waals surface area contributed by atoms with Gasteiger partial charge in [0, 0.05) is 29.7 Å². The van der Waals surface area contributed by atoms with E-state index in [4.69, 9.17) is 30.5 Å². The summed E-state index contributed by atoms with van der Waals surface area (Å²) in [6.07, 6.45) is 0.100. The fraction of sp³-hybridized carbons (Fsp3) is 0.500. The number of aldehydes is 1. The summed E-state index contributed by atoms with van der Waals surface area (Å²) in [6, 6.07) is 4.63. The zero-order valence-electron chi connectivity index (χ0n) is 18.0. The standard InChI is InChI=1S/C22H27ClO7/c1-7-8-16(25)29-17-14-11-13(23)9-10-15(14)22(12-24,19(28-6)18(17)27-5)30-20(26)21(2,3)4/h9-12,19H,7-8H2,1-6H3. The third kappa shape index (κ3) is 4.37. The van der Waals surface area contributed by atoms with Gasteiger partial charge in [-0.15, -0.1) is 0 Å². The van der Waals surface area contributed by atoms with Crippen LogP contribution in [-0.2, 0) is 38.9 Å². The molecule has 1 aliphatic carbocycles. The fourth-order valence-electron chi connectivity index (χ4n) is 3.15. The molecule has 2 unspecified atom stereocenters. The van der Waals surface area contributed by atoms with Gasteiger partial charge in [0.15, 0.2) is 23.9 Å². The predicted molar refractivity (Wildman–Crippen MR) is 110 cm³/mol. The van der Waals surface area contributed by atoms with E-state index in [0.717, 1.165) is 0 Å². The van der Waals surface area contributed by atoms with Crippen molar-refractivity contribution in [2.75, 3.05) is 14.2 Å². The molecular formula is C22H27ClO7. The summed E-state index contributed by atoms with van der Waals surface area (Å²) in [5.74, 6) is -0.970. The molecule has 0 fully saturated rings. The second-order valence-corrected chi connectivity index (χ2v) is 8.41. The van der Waals surface area contributed by atoms with Crippen LogP contribution in [0.5, 0.6) is 0 Å². The number of ether oxygens (including phenoxy) is 4. The zero-order valence-corrected chi connectivity index (χ0v) is 18.8. The van der Waals surface area contributed by atoms with Gasteiger partial charge in [-0.05, 0) is 39.3 Å². The Hall–Kier alpha value is -2.38. The topological polar surface area (TPSA) is 88.1 Å². The molecule has 164 valence electrons. The predicted octanol–water partition coefficient (Wildman–Crippen LogP) is 4.01. The van der Waals surface area contributed by atoms with E-state index in [1.165, 1.54) is 20.3 Å². The van der Waals surface area contributed by atoms with Crippen LogP contribution in [0, 0.1) is 5.41 Å².